The number of amides is 1. The van der Waals surface area contributed by atoms with Crippen molar-refractivity contribution in [3.8, 4) is 0 Å². The van der Waals surface area contributed by atoms with Crippen LogP contribution >= 0.6 is 31.9 Å². The predicted octanol–water partition coefficient (Wildman–Crippen LogP) is 1.15. The number of aliphatic hydroxyl groups is 1. The highest BCUT2D eigenvalue weighted by molar-refractivity contribution is 9.12. The Morgan fingerprint density at radius 1 is 1.59 bits per heavy atom. The number of hydrogen-bond acceptors (Lipinski definition) is 4. The van der Waals surface area contributed by atoms with Gasteiger partial charge in [0.2, 0.25) is 5.91 Å². The molecule has 96 valence electrons. The molecule has 0 unspecified atom stereocenters. The maximum absolute atomic E-state index is 11.0. The van der Waals surface area contributed by atoms with Gasteiger partial charge in [0.1, 0.15) is 17.5 Å². The van der Waals surface area contributed by atoms with Gasteiger partial charge in [-0.15, -0.1) is 0 Å². The first-order valence-corrected chi connectivity index (χ1v) is 6.30. The molecule has 2 atom stereocenters. The average Bonchev–Trinajstić information content (AvgIpc) is 2.15. The lowest BCUT2D eigenvalue weighted by Gasteiger charge is -2.35. The first-order chi connectivity index (χ1) is 7.85. The molecule has 0 radical (unpaired) electrons. The van der Waals surface area contributed by atoms with Crippen molar-refractivity contribution >= 4 is 37.8 Å². The SMILES string of the molecule is COC1=C(Br)[C@@H](OC)[C@](O)(CC(N)=O)C=C1Br. The van der Waals surface area contributed by atoms with E-state index in [1.165, 1.54) is 20.3 Å². The van der Waals surface area contributed by atoms with E-state index in [0.717, 1.165) is 0 Å². The van der Waals surface area contributed by atoms with Gasteiger partial charge in [-0.2, -0.15) is 0 Å². The number of halogens is 2. The van der Waals surface area contributed by atoms with Crippen molar-refractivity contribution in [1.29, 1.82) is 0 Å². The molecule has 0 heterocycles. The Morgan fingerprint density at radius 2 is 2.18 bits per heavy atom. The van der Waals surface area contributed by atoms with Gasteiger partial charge < -0.3 is 20.3 Å². The van der Waals surface area contributed by atoms with E-state index in [9.17, 15) is 9.90 Å². The molecule has 0 aromatic rings. The van der Waals surface area contributed by atoms with Crippen molar-refractivity contribution in [1.82, 2.24) is 0 Å². The van der Waals surface area contributed by atoms with Crippen molar-refractivity contribution in [2.45, 2.75) is 18.1 Å². The zero-order valence-corrected chi connectivity index (χ0v) is 12.5. The summed E-state index contributed by atoms with van der Waals surface area (Å²) in [5.41, 5.74) is 3.62. The van der Waals surface area contributed by atoms with Gasteiger partial charge in [0.05, 0.1) is 22.5 Å². The Morgan fingerprint density at radius 3 is 2.59 bits per heavy atom. The third-order valence-corrected chi connectivity index (χ3v) is 3.76. The van der Waals surface area contributed by atoms with E-state index in [-0.39, 0.29) is 6.42 Å². The van der Waals surface area contributed by atoms with Gasteiger partial charge in [0.25, 0.3) is 0 Å². The fourth-order valence-electron chi connectivity index (χ4n) is 1.74. The van der Waals surface area contributed by atoms with Gasteiger partial charge >= 0.3 is 0 Å². The molecular formula is C10H13Br2NO4. The number of ether oxygens (including phenoxy) is 2. The van der Waals surface area contributed by atoms with Crippen LogP contribution in [-0.4, -0.2) is 36.9 Å². The maximum Gasteiger partial charge on any atom is 0.220 e. The lowest BCUT2D eigenvalue weighted by Crippen LogP contribution is -2.47. The highest BCUT2D eigenvalue weighted by Crippen LogP contribution is 2.40. The lowest BCUT2D eigenvalue weighted by atomic mass is 9.88. The van der Waals surface area contributed by atoms with Crippen LogP contribution in [0.1, 0.15) is 6.42 Å². The van der Waals surface area contributed by atoms with Crippen LogP contribution in [0, 0.1) is 0 Å². The molecule has 1 aliphatic carbocycles. The predicted molar refractivity (Wildman–Crippen MR) is 69.5 cm³/mol. The molecule has 17 heavy (non-hydrogen) atoms. The normalized spacial score (nSPS) is 29.0. The number of rotatable bonds is 4. The van der Waals surface area contributed by atoms with E-state index in [4.69, 9.17) is 15.2 Å². The second-order valence-corrected chi connectivity index (χ2v) is 5.33. The summed E-state index contributed by atoms with van der Waals surface area (Å²) in [6.07, 6.45) is 0.466. The number of nitrogens with two attached hydrogens (primary N) is 1. The van der Waals surface area contributed by atoms with Gasteiger partial charge in [-0.3, -0.25) is 4.79 Å². The second kappa shape index (κ2) is 5.51. The Balaban J connectivity index is 3.20. The summed E-state index contributed by atoms with van der Waals surface area (Å²) in [5.74, 6) is -0.113. The zero-order valence-electron chi connectivity index (χ0n) is 9.37. The third-order valence-electron chi connectivity index (χ3n) is 2.39. The van der Waals surface area contributed by atoms with Crippen LogP contribution in [0.2, 0.25) is 0 Å². The lowest BCUT2D eigenvalue weighted by molar-refractivity contribution is -0.125. The van der Waals surface area contributed by atoms with Gasteiger partial charge in [-0.25, -0.2) is 0 Å². The van der Waals surface area contributed by atoms with E-state index in [0.29, 0.717) is 14.7 Å². The van der Waals surface area contributed by atoms with Crippen molar-refractivity contribution in [3.05, 3.63) is 20.8 Å². The van der Waals surface area contributed by atoms with Crippen molar-refractivity contribution < 1.29 is 19.4 Å². The first-order valence-electron chi connectivity index (χ1n) is 4.71. The molecule has 0 aromatic heterocycles. The highest BCUT2D eigenvalue weighted by Gasteiger charge is 2.43. The van der Waals surface area contributed by atoms with Crippen molar-refractivity contribution in [3.63, 3.8) is 0 Å². The molecular weight excluding hydrogens is 358 g/mol. The number of carbonyl (C=O) groups is 1. The molecule has 0 aliphatic heterocycles. The number of carbonyl (C=O) groups excluding carboxylic acids is 1. The second-order valence-electron chi connectivity index (χ2n) is 3.62. The van der Waals surface area contributed by atoms with Crippen LogP contribution in [0.5, 0.6) is 0 Å². The largest absolute Gasteiger partial charge is 0.495 e. The number of methoxy groups -OCH3 is 2. The highest BCUT2D eigenvalue weighted by atomic mass is 79.9. The van der Waals surface area contributed by atoms with Crippen LogP contribution in [-0.2, 0) is 14.3 Å². The summed E-state index contributed by atoms with van der Waals surface area (Å²) in [4.78, 5) is 11.0. The molecule has 5 nitrogen and oxygen atoms in total. The molecule has 1 amide bonds. The standard InChI is InChI=1S/C10H13Br2NO4/c1-16-8-5(11)3-10(15,4-6(13)14)9(17-2)7(8)12/h3,9,15H,4H2,1-2H3,(H2,13,14)/t9-,10-/m1/s1. The van der Waals surface area contributed by atoms with Crippen molar-refractivity contribution in [2.75, 3.05) is 14.2 Å². The molecule has 0 fully saturated rings. The maximum atomic E-state index is 11.0. The van der Waals surface area contributed by atoms with Gasteiger partial charge in [-0.1, -0.05) is 0 Å². The summed E-state index contributed by atoms with van der Waals surface area (Å²) in [5, 5.41) is 10.4. The van der Waals surface area contributed by atoms with Gasteiger partial charge in [0.15, 0.2) is 0 Å². The molecule has 1 rings (SSSR count). The minimum absolute atomic E-state index is 0.243. The Labute approximate surface area is 116 Å². The minimum Gasteiger partial charge on any atom is -0.495 e. The molecule has 0 saturated heterocycles. The molecule has 7 heteroatoms. The summed E-state index contributed by atoms with van der Waals surface area (Å²) >= 11 is 6.55. The smallest absolute Gasteiger partial charge is 0.220 e. The fraction of sp³-hybridized carbons (Fsp3) is 0.500. The summed E-state index contributed by atoms with van der Waals surface area (Å²) < 4.78 is 11.4. The van der Waals surface area contributed by atoms with E-state index >= 15 is 0 Å². The summed E-state index contributed by atoms with van der Waals surface area (Å²) in [6.45, 7) is 0. The van der Waals surface area contributed by atoms with Crippen LogP contribution in [0.25, 0.3) is 0 Å². The average molecular weight is 371 g/mol. The van der Waals surface area contributed by atoms with E-state index in [1.807, 2.05) is 0 Å². The summed E-state index contributed by atoms with van der Waals surface area (Å²) in [7, 11) is 2.93. The van der Waals surface area contributed by atoms with E-state index in [2.05, 4.69) is 31.9 Å². The van der Waals surface area contributed by atoms with Gasteiger partial charge in [-0.05, 0) is 37.9 Å². The van der Waals surface area contributed by atoms with E-state index < -0.39 is 17.6 Å². The van der Waals surface area contributed by atoms with Crippen LogP contribution < -0.4 is 5.73 Å². The minimum atomic E-state index is -1.50. The molecule has 3 N–H and O–H groups in total. The Hall–Kier alpha value is -0.370. The number of hydrogen-bond donors (Lipinski definition) is 2. The van der Waals surface area contributed by atoms with Crippen LogP contribution in [0.4, 0.5) is 0 Å². The Bertz CT molecular complexity index is 394. The number of allylic oxidation sites excluding steroid dienone is 1. The number of primary amides is 1. The quantitative estimate of drug-likeness (QED) is 0.777. The zero-order chi connectivity index (χ0) is 13.2. The molecule has 1 aliphatic rings. The topological polar surface area (TPSA) is 81.8 Å². The molecule has 0 aromatic carbocycles. The first kappa shape index (κ1) is 14.7. The van der Waals surface area contributed by atoms with E-state index in [1.54, 1.807) is 0 Å². The molecule has 0 saturated carbocycles. The third kappa shape index (κ3) is 2.90. The summed E-state index contributed by atoms with van der Waals surface area (Å²) in [6, 6.07) is 0. The molecule has 0 spiro atoms. The van der Waals surface area contributed by atoms with Crippen LogP contribution in [0.15, 0.2) is 20.8 Å². The molecule has 0 bridgehead atoms. The monoisotopic (exact) mass is 369 g/mol. The van der Waals surface area contributed by atoms with Gasteiger partial charge in [0, 0.05) is 7.11 Å². The fourth-order valence-corrected chi connectivity index (χ4v) is 3.74. The Kier molecular flexibility index (Phi) is 4.77. The van der Waals surface area contributed by atoms with Crippen molar-refractivity contribution in [2.24, 2.45) is 5.73 Å². The van der Waals surface area contributed by atoms with Crippen LogP contribution in [0.3, 0.4) is 0 Å².